The van der Waals surface area contributed by atoms with E-state index in [-0.39, 0.29) is 29.7 Å². The molecule has 0 bridgehead atoms. The van der Waals surface area contributed by atoms with Crippen LogP contribution >= 0.6 is 23.2 Å². The Morgan fingerprint density at radius 1 is 0.708 bits per heavy atom. The number of aliphatic carboxylic acids is 1. The molecule has 378 valence electrons. The van der Waals surface area contributed by atoms with Crippen LogP contribution in [0.5, 0.6) is 0 Å². The first-order valence-electron chi connectivity index (χ1n) is 21.5. The number of alkyl carbamates (subject to hydrolysis) is 1. The van der Waals surface area contributed by atoms with Gasteiger partial charge in [0.15, 0.2) is 4.84 Å². The number of Topliss-reactive ketones (excluding diaryl/α,β-unsaturated/α-hetero) is 1. The lowest BCUT2D eigenvalue weighted by Gasteiger charge is -2.26. The molecule has 0 radical (unpaired) electrons. The predicted molar refractivity (Wildman–Crippen MR) is 240 cm³/mol. The number of amides is 6. The number of hydrogen-bond acceptors (Lipinski definition) is 12. The summed E-state index contributed by atoms with van der Waals surface area (Å²) in [6.07, 6.45) is 1.01. The summed E-state index contributed by atoms with van der Waals surface area (Å²) in [5, 5.41) is 14.2. The van der Waals surface area contributed by atoms with Crippen molar-refractivity contribution in [2.24, 2.45) is 46.4 Å². The summed E-state index contributed by atoms with van der Waals surface area (Å²) in [6.45, 7) is 19.2. The standard InChI is InChI=1S/2C11H21N3O2.C11H21NO4.C5H10N2O.C3HCl2F3O/c2*1-7(2)6-8(12)11(16)14-5-3-4-9(14)10(13)15;1-7(2)6-8(9(13)14)12-10(15)16-11(3,4)5;6-5(8)4-2-1-3-7-4;4-2(5)1(9)3(6,7)8/h2*7-9H,3-6,12H2,1-2H3,(H2,13,15);7-8H,6H2,1-5H3,(H,12,15)(H,13,14);4,7H,1-3H2,(H2,6,8);2H/t2*8-,9-;8-;4-;/m0000./s1. The normalized spacial score (nSPS) is 19.5. The molecule has 13 N–H and O–H groups in total. The Morgan fingerprint density at radius 3 is 1.34 bits per heavy atom. The van der Waals surface area contributed by atoms with Crippen LogP contribution in [0.4, 0.5) is 18.0 Å². The minimum Gasteiger partial charge on any atom is -0.480 e. The largest absolute Gasteiger partial charge is 0.480 e. The smallest absolute Gasteiger partial charge is 0.452 e. The number of ketones is 1. The zero-order valence-corrected chi connectivity index (χ0v) is 40.6. The molecule has 19 nitrogen and oxygen atoms in total. The SMILES string of the molecule is CC(C)C[C@H](N)C(=O)N1CCC[C@H]1C(N)=O.CC(C)C[C@H](N)C(=O)N1CCC[C@H]1C(N)=O.CC(C)C[C@H](NC(=O)OC(C)(C)C)C(=O)O.NC(=O)[C@@H]1CCCN1.O=C(C(Cl)Cl)C(F)(F)F. The number of nitrogens with zero attached hydrogens (tertiary/aromatic N) is 2. The minimum absolute atomic E-state index is 0.0463. The van der Waals surface area contributed by atoms with E-state index < -0.39 is 76.5 Å². The van der Waals surface area contributed by atoms with Crippen molar-refractivity contribution in [3.8, 4) is 0 Å². The molecule has 6 amide bonds. The van der Waals surface area contributed by atoms with Gasteiger partial charge >= 0.3 is 18.2 Å². The Morgan fingerprint density at radius 2 is 1.11 bits per heavy atom. The summed E-state index contributed by atoms with van der Waals surface area (Å²) in [5.41, 5.74) is 26.5. The van der Waals surface area contributed by atoms with Crippen LogP contribution in [0.1, 0.15) is 120 Å². The van der Waals surface area contributed by atoms with Gasteiger partial charge in [0.1, 0.15) is 23.7 Å². The van der Waals surface area contributed by atoms with Crippen molar-refractivity contribution in [1.82, 2.24) is 20.4 Å². The molecule has 3 saturated heterocycles. The molecular weight excluding hydrogens is 906 g/mol. The maximum Gasteiger partial charge on any atom is 0.452 e. The van der Waals surface area contributed by atoms with Gasteiger partial charge in [-0.2, -0.15) is 13.2 Å². The number of carbonyl (C=O) groups excluding carboxylic acids is 7. The number of alkyl halides is 5. The van der Waals surface area contributed by atoms with Crippen molar-refractivity contribution in [2.45, 2.75) is 173 Å². The topological polar surface area (TPSA) is 327 Å². The van der Waals surface area contributed by atoms with Crippen molar-refractivity contribution in [1.29, 1.82) is 0 Å². The maximum atomic E-state index is 12.0. The second kappa shape index (κ2) is 30.3. The summed E-state index contributed by atoms with van der Waals surface area (Å²) in [5.74, 6) is -3.61. The highest BCUT2D eigenvalue weighted by Gasteiger charge is 2.42. The van der Waals surface area contributed by atoms with Crippen molar-refractivity contribution in [2.75, 3.05) is 19.6 Å². The number of rotatable bonds is 14. The zero-order valence-electron chi connectivity index (χ0n) is 39.1. The van der Waals surface area contributed by atoms with E-state index in [1.807, 2.05) is 41.5 Å². The fourth-order valence-electron chi connectivity index (χ4n) is 6.49. The van der Waals surface area contributed by atoms with Crippen molar-refractivity contribution >= 4 is 70.6 Å². The number of ether oxygens (including phenoxy) is 1. The molecule has 3 rings (SSSR count). The molecule has 6 atom stereocenters. The van der Waals surface area contributed by atoms with Crippen molar-refractivity contribution in [3.63, 3.8) is 0 Å². The van der Waals surface area contributed by atoms with Gasteiger partial charge in [-0.3, -0.25) is 28.8 Å². The van der Waals surface area contributed by atoms with E-state index in [2.05, 4.69) is 33.8 Å². The van der Waals surface area contributed by atoms with Gasteiger partial charge in [0.25, 0.3) is 5.78 Å². The molecule has 0 saturated carbocycles. The predicted octanol–water partition coefficient (Wildman–Crippen LogP) is 2.83. The third kappa shape index (κ3) is 27.3. The second-order valence-corrected chi connectivity index (χ2v) is 19.1. The minimum atomic E-state index is -4.92. The van der Waals surface area contributed by atoms with E-state index in [9.17, 15) is 51.5 Å². The molecule has 0 unspecified atom stereocenters. The molecule has 3 heterocycles. The van der Waals surface area contributed by atoms with Gasteiger partial charge in [0.2, 0.25) is 29.5 Å². The van der Waals surface area contributed by atoms with E-state index in [1.165, 1.54) is 9.80 Å². The number of carboxylic acids is 1. The number of carboxylic acid groups (broad SMARTS) is 1. The van der Waals surface area contributed by atoms with E-state index >= 15 is 0 Å². The number of primary amides is 3. The van der Waals surface area contributed by atoms with E-state index in [4.69, 9.17) is 38.5 Å². The van der Waals surface area contributed by atoms with Gasteiger partial charge in [-0.25, -0.2) is 9.59 Å². The molecule has 0 aromatic heterocycles. The monoisotopic (exact) mass is 979 g/mol. The van der Waals surface area contributed by atoms with Crippen LogP contribution < -0.4 is 39.3 Å². The summed E-state index contributed by atoms with van der Waals surface area (Å²) in [6, 6.07) is -2.87. The van der Waals surface area contributed by atoms with Gasteiger partial charge in [-0.15, -0.1) is 0 Å². The molecule has 3 fully saturated rings. The fourth-order valence-corrected chi connectivity index (χ4v) is 6.74. The molecule has 0 aromatic carbocycles. The number of hydrogen-bond donors (Lipinski definition) is 8. The average Bonchev–Trinajstić information content (AvgIpc) is 3.96. The van der Waals surface area contributed by atoms with Crippen molar-refractivity contribution < 1.29 is 61.4 Å². The van der Waals surface area contributed by atoms with Crippen molar-refractivity contribution in [3.05, 3.63) is 0 Å². The molecule has 0 aromatic rings. The third-order valence-corrected chi connectivity index (χ3v) is 9.79. The van der Waals surface area contributed by atoms with Crippen LogP contribution in [0.25, 0.3) is 0 Å². The zero-order chi connectivity index (χ0) is 51.2. The molecule has 3 aliphatic rings. The van der Waals surface area contributed by atoms with Crippen LogP contribution in [0.3, 0.4) is 0 Å². The van der Waals surface area contributed by atoms with Crippen LogP contribution in [0.2, 0.25) is 0 Å². The number of halogens is 5. The molecule has 3 aliphatic heterocycles. The fraction of sp³-hybridized carbons (Fsp3) is 0.805. The lowest BCUT2D eigenvalue weighted by molar-refractivity contribution is -0.169. The molecular formula is C41H74Cl2F3N9O10. The first-order chi connectivity index (χ1) is 29.6. The highest BCUT2D eigenvalue weighted by Crippen LogP contribution is 2.22. The van der Waals surface area contributed by atoms with Crippen LogP contribution in [-0.2, 0) is 38.3 Å². The van der Waals surface area contributed by atoms with Gasteiger partial charge < -0.3 is 58.9 Å². The molecule has 65 heavy (non-hydrogen) atoms. The number of nitrogens with one attached hydrogen (secondary N) is 2. The van der Waals surface area contributed by atoms with Crippen LogP contribution in [0.15, 0.2) is 0 Å². The highest BCUT2D eigenvalue weighted by atomic mass is 35.5. The second-order valence-electron chi connectivity index (χ2n) is 18.0. The molecule has 24 heteroatoms. The summed E-state index contributed by atoms with van der Waals surface area (Å²) >= 11 is 9.22. The summed E-state index contributed by atoms with van der Waals surface area (Å²) in [4.78, 5) is 89.7. The quantitative estimate of drug-likeness (QED) is 0.116. The third-order valence-electron chi connectivity index (χ3n) is 9.39. The van der Waals surface area contributed by atoms with Crippen LogP contribution in [0, 0.1) is 17.8 Å². The van der Waals surface area contributed by atoms with Gasteiger partial charge in [0.05, 0.1) is 18.1 Å². The average molecular weight is 981 g/mol. The Labute approximate surface area is 390 Å². The molecule has 0 aliphatic carbocycles. The van der Waals surface area contributed by atoms with E-state index in [0.717, 1.165) is 32.2 Å². The van der Waals surface area contributed by atoms with Gasteiger partial charge in [-0.1, -0.05) is 64.7 Å². The number of carbonyl (C=O) groups is 8. The summed E-state index contributed by atoms with van der Waals surface area (Å²) in [7, 11) is 0. The number of likely N-dealkylation sites (tertiary alicyclic amines) is 2. The van der Waals surface area contributed by atoms with E-state index in [0.29, 0.717) is 57.0 Å². The van der Waals surface area contributed by atoms with Gasteiger partial charge in [-0.05, 0) is 103 Å². The Kier molecular flexibility index (Phi) is 29.4. The summed E-state index contributed by atoms with van der Waals surface area (Å²) < 4.78 is 38.5. The van der Waals surface area contributed by atoms with Crippen LogP contribution in [-0.4, -0.2) is 135 Å². The van der Waals surface area contributed by atoms with E-state index in [1.54, 1.807) is 20.8 Å². The highest BCUT2D eigenvalue weighted by molar-refractivity contribution is 6.54. The maximum absolute atomic E-state index is 12.0. The first-order valence-corrected chi connectivity index (χ1v) is 22.4. The first kappa shape index (κ1) is 63.1. The number of nitrogens with two attached hydrogens (primary N) is 5. The lowest BCUT2D eigenvalue weighted by Crippen LogP contribution is -2.50. The Hall–Kier alpha value is -3.99. The Bertz CT molecular complexity index is 1490. The van der Waals surface area contributed by atoms with Gasteiger partial charge in [0, 0.05) is 13.1 Å². The lowest BCUT2D eigenvalue weighted by atomic mass is 10.0. The Balaban J connectivity index is 0. The molecule has 0 spiro atoms.